The van der Waals surface area contributed by atoms with Crippen molar-refractivity contribution in [2.75, 3.05) is 13.2 Å². The summed E-state index contributed by atoms with van der Waals surface area (Å²) in [6.45, 7) is 12.2. The van der Waals surface area contributed by atoms with Gasteiger partial charge in [-0.2, -0.15) is 0 Å². The predicted octanol–water partition coefficient (Wildman–Crippen LogP) is 3.45. The Morgan fingerprint density at radius 3 is 2.72 bits per heavy atom. The number of ether oxygens (including phenoxy) is 1. The summed E-state index contributed by atoms with van der Waals surface area (Å²) in [6.07, 6.45) is 1.12. The molecule has 0 fully saturated rings. The van der Waals surface area contributed by atoms with E-state index in [9.17, 15) is 0 Å². The van der Waals surface area contributed by atoms with Crippen molar-refractivity contribution in [2.45, 2.75) is 47.3 Å². The molecular weight excluding hydrogens is 244 g/mol. The van der Waals surface area contributed by atoms with Crippen LogP contribution >= 0.6 is 11.3 Å². The monoisotopic (exact) mass is 270 g/mol. The van der Waals surface area contributed by atoms with Gasteiger partial charge >= 0.3 is 0 Å². The molecule has 0 atom stereocenters. The molecule has 0 aromatic carbocycles. The summed E-state index contributed by atoms with van der Waals surface area (Å²) in [6, 6.07) is 0. The Hall–Kier alpha value is -0.450. The quantitative estimate of drug-likeness (QED) is 0.698. The number of aromatic nitrogens is 1. The summed E-state index contributed by atoms with van der Waals surface area (Å²) >= 11 is 1.71. The lowest BCUT2D eigenvalue weighted by Gasteiger charge is -2.05. The van der Waals surface area contributed by atoms with Crippen LogP contribution in [0.3, 0.4) is 0 Å². The number of nitrogens with zero attached hydrogens (tertiary/aromatic N) is 1. The molecule has 1 aromatic heterocycles. The molecule has 104 valence electrons. The fourth-order valence-electron chi connectivity index (χ4n) is 1.46. The van der Waals surface area contributed by atoms with Gasteiger partial charge in [-0.15, -0.1) is 11.3 Å². The Balaban J connectivity index is 2.17. The van der Waals surface area contributed by atoms with Gasteiger partial charge in [-0.25, -0.2) is 4.98 Å². The van der Waals surface area contributed by atoms with Crippen molar-refractivity contribution in [3.8, 4) is 0 Å². The molecule has 0 aliphatic heterocycles. The van der Waals surface area contributed by atoms with E-state index in [0.717, 1.165) is 36.8 Å². The molecule has 1 heterocycles. The average Bonchev–Trinajstić information content (AvgIpc) is 2.72. The summed E-state index contributed by atoms with van der Waals surface area (Å²) in [5.74, 6) is 1.39. The van der Waals surface area contributed by atoms with Crippen molar-refractivity contribution in [1.29, 1.82) is 0 Å². The highest BCUT2D eigenvalue weighted by Crippen LogP contribution is 2.11. The minimum Gasteiger partial charge on any atom is -0.375 e. The largest absolute Gasteiger partial charge is 0.375 e. The summed E-state index contributed by atoms with van der Waals surface area (Å²) in [7, 11) is 0. The van der Waals surface area contributed by atoms with Crippen LogP contribution in [0.5, 0.6) is 0 Å². The van der Waals surface area contributed by atoms with Crippen molar-refractivity contribution in [3.05, 3.63) is 16.1 Å². The van der Waals surface area contributed by atoms with E-state index in [1.54, 1.807) is 11.3 Å². The minimum absolute atomic E-state index is 0.646. The van der Waals surface area contributed by atoms with Crippen LogP contribution in [0.4, 0.5) is 0 Å². The van der Waals surface area contributed by atoms with Crippen molar-refractivity contribution in [3.63, 3.8) is 0 Å². The first-order chi connectivity index (χ1) is 8.58. The lowest BCUT2D eigenvalue weighted by atomic mass is 10.1. The predicted molar refractivity (Wildman–Crippen MR) is 77.8 cm³/mol. The van der Waals surface area contributed by atoms with Gasteiger partial charge in [0.25, 0.3) is 0 Å². The highest BCUT2D eigenvalue weighted by Gasteiger charge is 2.03. The number of nitrogens with one attached hydrogen (secondary N) is 1. The fraction of sp³-hybridized carbons (Fsp3) is 0.786. The van der Waals surface area contributed by atoms with Gasteiger partial charge in [-0.1, -0.05) is 27.7 Å². The standard InChI is InChI=1S/C14H26N2OS/c1-11(2)5-6-17-9-13-10-18-14(16-13)8-15-7-12(3)4/h10-12,15H,5-9H2,1-4H3. The van der Waals surface area contributed by atoms with E-state index in [1.807, 2.05) is 0 Å². The molecule has 18 heavy (non-hydrogen) atoms. The summed E-state index contributed by atoms with van der Waals surface area (Å²) in [4.78, 5) is 4.55. The molecule has 4 heteroatoms. The van der Waals surface area contributed by atoms with Crippen LogP contribution in [0, 0.1) is 11.8 Å². The van der Waals surface area contributed by atoms with Crippen LogP contribution in [0.1, 0.15) is 44.8 Å². The average molecular weight is 270 g/mol. The van der Waals surface area contributed by atoms with E-state index in [4.69, 9.17) is 4.74 Å². The molecular formula is C14H26N2OS. The number of rotatable bonds is 9. The molecule has 1 rings (SSSR count). The Bertz CT molecular complexity index is 323. The van der Waals surface area contributed by atoms with Crippen LogP contribution in [0.2, 0.25) is 0 Å². The Morgan fingerprint density at radius 1 is 1.28 bits per heavy atom. The molecule has 0 aliphatic rings. The molecule has 0 spiro atoms. The maximum Gasteiger partial charge on any atom is 0.107 e. The summed E-state index contributed by atoms with van der Waals surface area (Å²) in [5.41, 5.74) is 1.06. The van der Waals surface area contributed by atoms with E-state index < -0.39 is 0 Å². The first kappa shape index (κ1) is 15.6. The van der Waals surface area contributed by atoms with E-state index in [0.29, 0.717) is 18.4 Å². The van der Waals surface area contributed by atoms with Gasteiger partial charge < -0.3 is 10.1 Å². The van der Waals surface area contributed by atoms with Crippen LogP contribution in [0.25, 0.3) is 0 Å². The summed E-state index contributed by atoms with van der Waals surface area (Å²) < 4.78 is 5.61. The molecule has 0 saturated carbocycles. The van der Waals surface area contributed by atoms with Gasteiger partial charge in [-0.3, -0.25) is 0 Å². The second-order valence-corrected chi connectivity index (χ2v) is 6.44. The van der Waals surface area contributed by atoms with Gasteiger partial charge in [0.15, 0.2) is 0 Å². The smallest absolute Gasteiger partial charge is 0.107 e. The zero-order chi connectivity index (χ0) is 13.4. The van der Waals surface area contributed by atoms with E-state index in [-0.39, 0.29) is 0 Å². The normalized spacial score (nSPS) is 11.7. The lowest BCUT2D eigenvalue weighted by Crippen LogP contribution is -2.18. The first-order valence-corrected chi connectivity index (χ1v) is 7.67. The third-order valence-electron chi connectivity index (χ3n) is 2.52. The van der Waals surface area contributed by atoms with Crippen molar-refractivity contribution in [1.82, 2.24) is 10.3 Å². The van der Waals surface area contributed by atoms with Gasteiger partial charge in [0.05, 0.1) is 12.3 Å². The number of hydrogen-bond donors (Lipinski definition) is 1. The van der Waals surface area contributed by atoms with Gasteiger partial charge in [0.2, 0.25) is 0 Å². The van der Waals surface area contributed by atoms with Gasteiger partial charge in [0, 0.05) is 18.5 Å². The SMILES string of the molecule is CC(C)CCOCc1csc(CNCC(C)C)n1. The maximum absolute atomic E-state index is 5.61. The Labute approximate surface area is 115 Å². The molecule has 0 aliphatic carbocycles. The molecule has 0 radical (unpaired) electrons. The molecule has 0 amide bonds. The molecule has 0 saturated heterocycles. The van der Waals surface area contributed by atoms with Crippen LogP contribution in [-0.2, 0) is 17.9 Å². The molecule has 3 nitrogen and oxygen atoms in total. The highest BCUT2D eigenvalue weighted by atomic mass is 32.1. The minimum atomic E-state index is 0.646. The van der Waals surface area contributed by atoms with Crippen LogP contribution in [-0.4, -0.2) is 18.1 Å². The summed E-state index contributed by atoms with van der Waals surface area (Å²) in [5, 5.41) is 6.65. The van der Waals surface area contributed by atoms with E-state index in [1.165, 1.54) is 0 Å². The van der Waals surface area contributed by atoms with Crippen molar-refractivity contribution in [2.24, 2.45) is 11.8 Å². The van der Waals surface area contributed by atoms with Crippen LogP contribution in [0.15, 0.2) is 5.38 Å². The van der Waals surface area contributed by atoms with Crippen LogP contribution < -0.4 is 5.32 Å². The fourth-order valence-corrected chi connectivity index (χ4v) is 2.21. The Kier molecular flexibility index (Phi) is 7.47. The van der Waals surface area contributed by atoms with Crippen molar-refractivity contribution >= 4 is 11.3 Å². The lowest BCUT2D eigenvalue weighted by molar-refractivity contribution is 0.108. The Morgan fingerprint density at radius 2 is 2.06 bits per heavy atom. The third kappa shape index (κ3) is 7.09. The molecule has 0 bridgehead atoms. The van der Waals surface area contributed by atoms with Gasteiger partial charge in [-0.05, 0) is 24.8 Å². The van der Waals surface area contributed by atoms with E-state index in [2.05, 4.69) is 43.4 Å². The number of hydrogen-bond acceptors (Lipinski definition) is 4. The number of thiazole rings is 1. The maximum atomic E-state index is 5.61. The van der Waals surface area contributed by atoms with E-state index >= 15 is 0 Å². The molecule has 0 unspecified atom stereocenters. The first-order valence-electron chi connectivity index (χ1n) is 6.79. The highest BCUT2D eigenvalue weighted by molar-refractivity contribution is 7.09. The molecule has 1 N–H and O–H groups in total. The zero-order valence-electron chi connectivity index (χ0n) is 12.0. The topological polar surface area (TPSA) is 34.1 Å². The molecule has 1 aromatic rings. The second-order valence-electron chi connectivity index (χ2n) is 5.49. The van der Waals surface area contributed by atoms with Crippen molar-refractivity contribution < 1.29 is 4.74 Å². The second kappa shape index (κ2) is 8.62. The van der Waals surface area contributed by atoms with Gasteiger partial charge in [0.1, 0.15) is 5.01 Å². The zero-order valence-corrected chi connectivity index (χ0v) is 12.8. The third-order valence-corrected chi connectivity index (χ3v) is 3.42.